The Morgan fingerprint density at radius 1 is 1.36 bits per heavy atom. The largest absolute Gasteiger partial charge is 0.293 e. The number of thiazole rings is 1. The molecule has 1 aromatic carbocycles. The van der Waals surface area contributed by atoms with Crippen LogP contribution in [0, 0.1) is 13.8 Å². The highest BCUT2D eigenvalue weighted by molar-refractivity contribution is 8.26. The van der Waals surface area contributed by atoms with Crippen LogP contribution in [0.1, 0.15) is 37.1 Å². The molecule has 1 fully saturated rings. The van der Waals surface area contributed by atoms with E-state index in [4.69, 9.17) is 12.2 Å². The fraction of sp³-hybridized carbons (Fsp3) is 0.300. The molecule has 0 aliphatic carbocycles. The molecule has 2 amide bonds. The minimum Gasteiger partial charge on any atom is -0.293 e. The van der Waals surface area contributed by atoms with Crippen LogP contribution in [-0.4, -0.2) is 32.6 Å². The summed E-state index contributed by atoms with van der Waals surface area (Å²) in [6.45, 7) is 8.17. The molecule has 146 valence electrons. The lowest BCUT2D eigenvalue weighted by atomic mass is 10.1. The fourth-order valence-corrected chi connectivity index (χ4v) is 5.01. The Balaban J connectivity index is 1.92. The lowest BCUT2D eigenvalue weighted by molar-refractivity contribution is -0.122. The molecule has 0 spiro atoms. The van der Waals surface area contributed by atoms with Crippen molar-refractivity contribution in [1.29, 1.82) is 0 Å². The van der Waals surface area contributed by atoms with Gasteiger partial charge in [-0.15, -0.1) is 11.3 Å². The number of carbonyl (C=O) groups excluding carboxylic acids is 2. The van der Waals surface area contributed by atoms with Crippen LogP contribution < -0.4 is 4.90 Å². The van der Waals surface area contributed by atoms with Crippen molar-refractivity contribution in [2.24, 2.45) is 0 Å². The van der Waals surface area contributed by atoms with Crippen molar-refractivity contribution >= 4 is 68.3 Å². The molecule has 1 saturated heterocycles. The van der Waals surface area contributed by atoms with Crippen LogP contribution in [0.15, 0.2) is 28.5 Å². The van der Waals surface area contributed by atoms with Crippen molar-refractivity contribution in [3.63, 3.8) is 0 Å². The van der Waals surface area contributed by atoms with E-state index < -0.39 is 0 Å². The smallest absolute Gasteiger partial charge is 0.266 e. The highest BCUT2D eigenvalue weighted by Crippen LogP contribution is 2.35. The Hall–Kier alpha value is -2.03. The number of thioether (sulfide) groups is 1. The van der Waals surface area contributed by atoms with E-state index in [0.29, 0.717) is 26.6 Å². The molecule has 2 aromatic rings. The first-order chi connectivity index (χ1) is 13.3. The van der Waals surface area contributed by atoms with Gasteiger partial charge in [0.1, 0.15) is 4.32 Å². The molecule has 1 aromatic heterocycles. The van der Waals surface area contributed by atoms with E-state index in [1.807, 2.05) is 44.4 Å². The number of hydrogen-bond acceptors (Lipinski definition) is 6. The maximum atomic E-state index is 12.5. The lowest BCUT2D eigenvalue weighted by Gasteiger charge is -2.21. The SMILES string of the molecule is CCCN1C(=O)C(=Cc2csc(N(C(C)=O)c3cccc(C)c3C)n2)SC1=S. The highest BCUT2D eigenvalue weighted by Gasteiger charge is 2.31. The molecule has 0 radical (unpaired) electrons. The van der Waals surface area contributed by atoms with Gasteiger partial charge < -0.3 is 0 Å². The summed E-state index contributed by atoms with van der Waals surface area (Å²) in [4.78, 5) is 33.3. The summed E-state index contributed by atoms with van der Waals surface area (Å²) < 4.78 is 0.578. The third-order valence-electron chi connectivity index (χ3n) is 4.43. The van der Waals surface area contributed by atoms with Gasteiger partial charge in [-0.3, -0.25) is 19.4 Å². The normalized spacial score (nSPS) is 15.6. The summed E-state index contributed by atoms with van der Waals surface area (Å²) in [7, 11) is 0. The van der Waals surface area contributed by atoms with E-state index in [9.17, 15) is 9.59 Å². The van der Waals surface area contributed by atoms with Crippen molar-refractivity contribution in [3.8, 4) is 0 Å². The van der Waals surface area contributed by atoms with E-state index >= 15 is 0 Å². The lowest BCUT2D eigenvalue weighted by Crippen LogP contribution is -2.28. The van der Waals surface area contributed by atoms with Crippen LogP contribution in [0.3, 0.4) is 0 Å². The Morgan fingerprint density at radius 2 is 2.11 bits per heavy atom. The number of aryl methyl sites for hydroxylation is 1. The second-order valence-electron chi connectivity index (χ2n) is 6.46. The minimum atomic E-state index is -0.108. The fourth-order valence-electron chi connectivity index (χ4n) is 2.88. The first-order valence-electron chi connectivity index (χ1n) is 8.91. The molecule has 0 unspecified atom stereocenters. The molecule has 0 atom stereocenters. The second-order valence-corrected chi connectivity index (χ2v) is 8.97. The van der Waals surface area contributed by atoms with Gasteiger partial charge in [0.15, 0.2) is 5.13 Å². The Morgan fingerprint density at radius 3 is 2.79 bits per heavy atom. The molecule has 1 aliphatic heterocycles. The van der Waals surface area contributed by atoms with E-state index in [1.165, 1.54) is 30.0 Å². The molecule has 0 bridgehead atoms. The average Bonchev–Trinajstić information content (AvgIpc) is 3.19. The van der Waals surface area contributed by atoms with Crippen LogP contribution in [0.25, 0.3) is 6.08 Å². The van der Waals surface area contributed by atoms with Gasteiger partial charge in [-0.2, -0.15) is 0 Å². The zero-order valence-corrected chi connectivity index (χ0v) is 18.6. The van der Waals surface area contributed by atoms with Gasteiger partial charge in [0.05, 0.1) is 16.3 Å². The molecule has 0 N–H and O–H groups in total. The topological polar surface area (TPSA) is 53.5 Å². The first kappa shape index (κ1) is 20.7. The van der Waals surface area contributed by atoms with Gasteiger partial charge in [-0.25, -0.2) is 4.98 Å². The molecule has 0 saturated carbocycles. The van der Waals surface area contributed by atoms with E-state index in [1.54, 1.807) is 15.9 Å². The van der Waals surface area contributed by atoms with Crippen LogP contribution in [0.5, 0.6) is 0 Å². The molecule has 3 rings (SSSR count). The molecule has 5 nitrogen and oxygen atoms in total. The van der Waals surface area contributed by atoms with Gasteiger partial charge in [-0.1, -0.05) is 43.0 Å². The third kappa shape index (κ3) is 4.04. The van der Waals surface area contributed by atoms with Crippen LogP contribution >= 0.6 is 35.3 Å². The molecule has 1 aliphatic rings. The number of benzene rings is 1. The number of anilines is 2. The standard InChI is InChI=1S/C20H21N3O2S3/c1-5-9-22-18(25)17(28-20(22)26)10-15-11-27-19(21-15)23(14(4)24)16-8-6-7-12(2)13(16)3/h6-8,10-11H,5,9H2,1-4H3. The van der Waals surface area contributed by atoms with Gasteiger partial charge in [0, 0.05) is 18.8 Å². The Kier molecular flexibility index (Phi) is 6.32. The minimum absolute atomic E-state index is 0.0793. The van der Waals surface area contributed by atoms with E-state index in [2.05, 4.69) is 4.98 Å². The van der Waals surface area contributed by atoms with Gasteiger partial charge in [0.2, 0.25) is 5.91 Å². The Bertz CT molecular complexity index is 981. The van der Waals surface area contributed by atoms with Crippen LogP contribution in [0.4, 0.5) is 10.8 Å². The number of amides is 2. The number of thiocarbonyl (C=S) groups is 1. The summed E-state index contributed by atoms with van der Waals surface area (Å²) in [5, 5.41) is 2.43. The molecule has 2 heterocycles. The Labute approximate surface area is 178 Å². The van der Waals surface area contributed by atoms with Crippen molar-refractivity contribution < 1.29 is 9.59 Å². The molecule has 28 heavy (non-hydrogen) atoms. The van der Waals surface area contributed by atoms with E-state index in [0.717, 1.165) is 23.2 Å². The van der Waals surface area contributed by atoms with Gasteiger partial charge in [-0.05, 0) is 43.5 Å². The summed E-state index contributed by atoms with van der Waals surface area (Å²) in [5.41, 5.74) is 3.62. The second kappa shape index (κ2) is 8.55. The predicted octanol–water partition coefficient (Wildman–Crippen LogP) is 5.06. The molecule has 8 heteroatoms. The summed E-state index contributed by atoms with van der Waals surface area (Å²) >= 11 is 7.97. The van der Waals surface area contributed by atoms with Crippen molar-refractivity contribution in [1.82, 2.24) is 9.88 Å². The average molecular weight is 432 g/mol. The van der Waals surface area contributed by atoms with Gasteiger partial charge in [0.25, 0.3) is 5.91 Å². The van der Waals surface area contributed by atoms with Crippen LogP contribution in [0.2, 0.25) is 0 Å². The number of nitrogens with zero attached hydrogens (tertiary/aromatic N) is 3. The van der Waals surface area contributed by atoms with Crippen molar-refractivity contribution in [3.05, 3.63) is 45.3 Å². The monoisotopic (exact) mass is 431 g/mol. The maximum Gasteiger partial charge on any atom is 0.266 e. The molecular weight excluding hydrogens is 410 g/mol. The third-order valence-corrected chi connectivity index (χ3v) is 6.65. The van der Waals surface area contributed by atoms with Crippen LogP contribution in [-0.2, 0) is 9.59 Å². The summed E-state index contributed by atoms with van der Waals surface area (Å²) in [5.74, 6) is -0.187. The number of rotatable bonds is 5. The van der Waals surface area contributed by atoms with Gasteiger partial charge >= 0.3 is 0 Å². The predicted molar refractivity (Wildman–Crippen MR) is 121 cm³/mol. The first-order valence-corrected chi connectivity index (χ1v) is 11.0. The maximum absolute atomic E-state index is 12.5. The molecular formula is C20H21N3O2S3. The number of hydrogen-bond donors (Lipinski definition) is 0. The number of carbonyl (C=O) groups is 2. The van der Waals surface area contributed by atoms with E-state index in [-0.39, 0.29) is 11.8 Å². The zero-order chi connectivity index (χ0) is 20.4. The zero-order valence-electron chi connectivity index (χ0n) is 16.2. The quantitative estimate of drug-likeness (QED) is 0.489. The summed E-state index contributed by atoms with van der Waals surface area (Å²) in [6, 6.07) is 5.87. The summed E-state index contributed by atoms with van der Waals surface area (Å²) in [6.07, 6.45) is 2.60. The number of aromatic nitrogens is 1. The van der Waals surface area contributed by atoms with Crippen molar-refractivity contribution in [2.75, 3.05) is 11.4 Å². The highest BCUT2D eigenvalue weighted by atomic mass is 32.2. The van der Waals surface area contributed by atoms with Crippen molar-refractivity contribution in [2.45, 2.75) is 34.1 Å².